The summed E-state index contributed by atoms with van der Waals surface area (Å²) < 4.78 is 0. The predicted molar refractivity (Wildman–Crippen MR) is 220 cm³/mol. The summed E-state index contributed by atoms with van der Waals surface area (Å²) in [6.07, 6.45) is 0. The van der Waals surface area contributed by atoms with E-state index in [2.05, 4.69) is 115 Å². The zero-order chi connectivity index (χ0) is 36.5. The number of fused-ring (bicyclic) bond motifs is 12. The molecule has 1 aromatic heterocycles. The summed E-state index contributed by atoms with van der Waals surface area (Å²) >= 11 is 0. The average Bonchev–Trinajstić information content (AvgIpc) is 3.74. The first-order valence-electron chi connectivity index (χ1n) is 18.5. The molecule has 0 amide bonds. The van der Waals surface area contributed by atoms with Crippen molar-refractivity contribution in [1.82, 2.24) is 15.0 Å². The Morgan fingerprint density at radius 1 is 0.364 bits per heavy atom. The first-order chi connectivity index (χ1) is 27.2. The molecule has 1 unspecified atom stereocenters. The van der Waals surface area contributed by atoms with Crippen LogP contribution in [0.2, 0.25) is 0 Å². The van der Waals surface area contributed by atoms with E-state index in [1.807, 2.05) is 72.8 Å². The lowest BCUT2D eigenvalue weighted by molar-refractivity contribution is 0.794. The molecule has 1 spiro atoms. The van der Waals surface area contributed by atoms with Crippen LogP contribution >= 0.6 is 0 Å². The van der Waals surface area contributed by atoms with Gasteiger partial charge in [-0.25, -0.2) is 15.0 Å². The molecule has 2 aliphatic rings. The van der Waals surface area contributed by atoms with Crippen molar-refractivity contribution < 1.29 is 0 Å². The molecule has 2 aliphatic carbocycles. The Morgan fingerprint density at radius 3 is 1.44 bits per heavy atom. The highest BCUT2D eigenvalue weighted by atomic mass is 15.0. The molecule has 4 nitrogen and oxygen atoms in total. The normalized spacial score (nSPS) is 14.6. The largest absolute Gasteiger partial charge is 0.208 e. The van der Waals surface area contributed by atoms with Crippen molar-refractivity contribution in [3.05, 3.63) is 210 Å². The Morgan fingerprint density at radius 2 is 0.836 bits per heavy atom. The van der Waals surface area contributed by atoms with Crippen molar-refractivity contribution in [3.63, 3.8) is 0 Å². The minimum absolute atomic E-state index is 0.573. The van der Waals surface area contributed by atoms with Crippen molar-refractivity contribution in [2.45, 2.75) is 5.41 Å². The molecule has 0 saturated heterocycles. The minimum Gasteiger partial charge on any atom is -0.208 e. The van der Waals surface area contributed by atoms with E-state index in [-0.39, 0.29) is 0 Å². The standard InChI is InChI=1S/C51H30N4/c52-31-36-18-13-25-44-46(36)39-21-9-11-23-42(39)51(44)43-24-12-10-22-40(43)47-38-20-8-7-19-37(38)41(30-45(47)51)32-26-28-35(29-27-32)50-54-48(33-14-3-1-4-15-33)53-49(55-50)34-16-5-2-6-17-34/h1-30H. The monoisotopic (exact) mass is 698 g/mol. The second-order valence-corrected chi connectivity index (χ2v) is 14.2. The molecule has 0 saturated carbocycles. The predicted octanol–water partition coefficient (Wildman–Crippen LogP) is 11.9. The zero-order valence-electron chi connectivity index (χ0n) is 29.6. The summed E-state index contributed by atoms with van der Waals surface area (Å²) in [5, 5.41) is 12.8. The van der Waals surface area contributed by atoms with Gasteiger partial charge in [0.15, 0.2) is 17.5 Å². The highest BCUT2D eigenvalue weighted by Crippen LogP contribution is 2.64. The molecule has 9 aromatic rings. The van der Waals surface area contributed by atoms with Crippen LogP contribution in [0.3, 0.4) is 0 Å². The SMILES string of the molecule is N#Cc1cccc2c1-c1ccccc1C21c2ccccc2-c2c1cc(-c1ccc(-c3nc(-c4ccccc4)nc(-c4ccccc4)n3)cc1)c1ccccc21. The first-order valence-corrected chi connectivity index (χ1v) is 18.5. The number of hydrogen-bond donors (Lipinski definition) is 0. The maximum Gasteiger partial charge on any atom is 0.164 e. The van der Waals surface area contributed by atoms with Gasteiger partial charge in [0.2, 0.25) is 0 Å². The molecule has 254 valence electrons. The molecule has 0 N–H and O–H groups in total. The van der Waals surface area contributed by atoms with Crippen molar-refractivity contribution >= 4 is 10.8 Å². The minimum atomic E-state index is -0.573. The lowest BCUT2D eigenvalue weighted by Crippen LogP contribution is -2.26. The van der Waals surface area contributed by atoms with Crippen LogP contribution < -0.4 is 0 Å². The van der Waals surface area contributed by atoms with Crippen LogP contribution in [0.25, 0.3) is 78.3 Å². The summed E-state index contributed by atoms with van der Waals surface area (Å²) in [5.41, 5.74) is 14.7. The van der Waals surface area contributed by atoms with Crippen molar-refractivity contribution in [1.29, 1.82) is 5.26 Å². The molecule has 0 radical (unpaired) electrons. The molecule has 55 heavy (non-hydrogen) atoms. The fourth-order valence-electron chi connectivity index (χ4n) is 9.11. The van der Waals surface area contributed by atoms with E-state index in [0.717, 1.165) is 44.5 Å². The Hall–Kier alpha value is -7.48. The molecule has 11 rings (SSSR count). The van der Waals surface area contributed by atoms with Crippen LogP contribution in [-0.4, -0.2) is 15.0 Å². The van der Waals surface area contributed by atoms with Crippen LogP contribution in [0.5, 0.6) is 0 Å². The van der Waals surface area contributed by atoms with Gasteiger partial charge < -0.3 is 0 Å². The van der Waals surface area contributed by atoms with Crippen molar-refractivity contribution in [3.8, 4) is 73.6 Å². The third kappa shape index (κ3) is 4.48. The van der Waals surface area contributed by atoms with Gasteiger partial charge in [0, 0.05) is 22.3 Å². The molecule has 0 aliphatic heterocycles. The van der Waals surface area contributed by atoms with E-state index in [0.29, 0.717) is 23.0 Å². The van der Waals surface area contributed by atoms with E-state index in [4.69, 9.17) is 15.0 Å². The molecule has 1 heterocycles. The number of rotatable bonds is 4. The van der Waals surface area contributed by atoms with E-state index >= 15 is 0 Å². The Kier molecular flexibility index (Phi) is 6.80. The van der Waals surface area contributed by atoms with Gasteiger partial charge in [-0.3, -0.25) is 0 Å². The third-order valence-corrected chi connectivity index (χ3v) is 11.4. The second kappa shape index (κ2) is 12.0. The van der Waals surface area contributed by atoms with E-state index in [1.54, 1.807) is 0 Å². The number of aromatic nitrogens is 3. The van der Waals surface area contributed by atoms with Crippen LogP contribution in [0.1, 0.15) is 27.8 Å². The quantitative estimate of drug-likeness (QED) is 0.184. The fourth-order valence-corrected chi connectivity index (χ4v) is 9.11. The van der Waals surface area contributed by atoms with E-state index in [9.17, 15) is 5.26 Å². The summed E-state index contributed by atoms with van der Waals surface area (Å²) in [6.45, 7) is 0. The first kappa shape index (κ1) is 31.1. The topological polar surface area (TPSA) is 62.5 Å². The Labute approximate surface area is 318 Å². The average molecular weight is 699 g/mol. The number of hydrogen-bond acceptors (Lipinski definition) is 4. The van der Waals surface area contributed by atoms with Crippen LogP contribution in [0, 0.1) is 11.3 Å². The smallest absolute Gasteiger partial charge is 0.164 e. The number of benzene rings is 8. The van der Waals surface area contributed by atoms with Gasteiger partial charge in [0.25, 0.3) is 0 Å². The molecule has 8 aromatic carbocycles. The Bertz CT molecular complexity index is 2980. The van der Waals surface area contributed by atoms with Gasteiger partial charge in [0.05, 0.1) is 17.0 Å². The van der Waals surface area contributed by atoms with Gasteiger partial charge in [-0.05, 0) is 73.0 Å². The maximum atomic E-state index is 10.4. The lowest BCUT2D eigenvalue weighted by atomic mass is 9.70. The Balaban J connectivity index is 1.13. The van der Waals surface area contributed by atoms with Crippen molar-refractivity contribution in [2.75, 3.05) is 0 Å². The summed E-state index contributed by atoms with van der Waals surface area (Å²) in [7, 11) is 0. The van der Waals surface area contributed by atoms with E-state index in [1.165, 1.54) is 38.6 Å². The maximum absolute atomic E-state index is 10.4. The van der Waals surface area contributed by atoms with Crippen LogP contribution in [0.15, 0.2) is 182 Å². The molecular weight excluding hydrogens is 669 g/mol. The lowest BCUT2D eigenvalue weighted by Gasteiger charge is -2.31. The summed E-state index contributed by atoms with van der Waals surface area (Å²) in [4.78, 5) is 14.9. The summed E-state index contributed by atoms with van der Waals surface area (Å²) in [6, 6.07) is 66.2. The van der Waals surface area contributed by atoms with Gasteiger partial charge in [-0.1, -0.05) is 170 Å². The number of nitrogens with zero attached hydrogens (tertiary/aromatic N) is 4. The second-order valence-electron chi connectivity index (χ2n) is 14.2. The molecule has 1 atom stereocenters. The highest BCUT2D eigenvalue weighted by molar-refractivity contribution is 6.11. The zero-order valence-corrected chi connectivity index (χ0v) is 29.6. The van der Waals surface area contributed by atoms with Gasteiger partial charge in [-0.2, -0.15) is 5.26 Å². The molecule has 0 fully saturated rings. The molecule has 0 bridgehead atoms. The summed E-state index contributed by atoms with van der Waals surface area (Å²) in [5.74, 6) is 1.90. The molecular formula is C51H30N4. The van der Waals surface area contributed by atoms with Gasteiger partial charge >= 0.3 is 0 Å². The third-order valence-electron chi connectivity index (χ3n) is 11.4. The van der Waals surface area contributed by atoms with Crippen LogP contribution in [0.4, 0.5) is 0 Å². The highest BCUT2D eigenvalue weighted by Gasteiger charge is 2.52. The number of nitriles is 1. The van der Waals surface area contributed by atoms with Gasteiger partial charge in [-0.15, -0.1) is 0 Å². The van der Waals surface area contributed by atoms with Crippen LogP contribution in [-0.2, 0) is 5.41 Å². The van der Waals surface area contributed by atoms with Gasteiger partial charge in [0.1, 0.15) is 0 Å². The fraction of sp³-hybridized carbons (Fsp3) is 0.0196. The van der Waals surface area contributed by atoms with Crippen molar-refractivity contribution in [2.24, 2.45) is 0 Å². The van der Waals surface area contributed by atoms with E-state index < -0.39 is 5.41 Å². The molecule has 4 heteroatoms.